The van der Waals surface area contributed by atoms with Crippen LogP contribution >= 0.6 is 6.49 Å². The summed E-state index contributed by atoms with van der Waals surface area (Å²) in [5.41, 5.74) is 2.08. The fraction of sp³-hybridized carbons (Fsp3) is 0.250. The smallest absolute Gasteiger partial charge is 0.189 e. The highest BCUT2D eigenvalue weighted by atomic mass is 32.4. The van der Waals surface area contributed by atoms with Gasteiger partial charge in [0.05, 0.1) is 13.2 Å². The zero-order valence-electron chi connectivity index (χ0n) is 12.3. The molecule has 0 bridgehead atoms. The molecule has 1 fully saturated rings. The van der Waals surface area contributed by atoms with E-state index in [9.17, 15) is 0 Å². The number of ether oxygens (including phenoxy) is 1. The van der Waals surface area contributed by atoms with E-state index in [0.717, 1.165) is 37.7 Å². The number of nitrogens with zero attached hydrogens (tertiary/aromatic N) is 1. The predicted octanol–water partition coefficient (Wildman–Crippen LogP) is 3.77. The van der Waals surface area contributed by atoms with Crippen LogP contribution in [-0.2, 0) is 16.5 Å². The summed E-state index contributed by atoms with van der Waals surface area (Å²) < 4.78 is 7.78. The summed E-state index contributed by atoms with van der Waals surface area (Å²) in [6.07, 6.45) is 0. The van der Waals surface area contributed by atoms with Crippen LogP contribution in [0.2, 0.25) is 0 Å². The van der Waals surface area contributed by atoms with Gasteiger partial charge >= 0.3 is 0 Å². The standard InChI is InChI=1S/C16H20N3OPS/c22-21(19-11-13-20-14-12-19,17-15-7-3-1-4-8-15)18-16-9-5-2-6-10-16/h1-10H,11-14H2,(H2,17,18,22). The van der Waals surface area contributed by atoms with E-state index in [4.69, 9.17) is 16.5 Å². The largest absolute Gasteiger partial charge is 0.379 e. The van der Waals surface area contributed by atoms with Crippen molar-refractivity contribution in [2.24, 2.45) is 0 Å². The first-order chi connectivity index (χ1) is 10.8. The minimum atomic E-state index is -2.15. The molecule has 1 aliphatic heterocycles. The number of nitrogens with one attached hydrogen (secondary N) is 2. The Hall–Kier alpha value is -1.39. The number of hydrogen-bond donors (Lipinski definition) is 2. The molecule has 0 amide bonds. The Morgan fingerprint density at radius 3 is 1.73 bits per heavy atom. The van der Waals surface area contributed by atoms with Gasteiger partial charge in [-0.1, -0.05) is 36.4 Å². The van der Waals surface area contributed by atoms with E-state index >= 15 is 0 Å². The maximum absolute atomic E-state index is 6.05. The highest BCUT2D eigenvalue weighted by molar-refractivity contribution is 8.14. The van der Waals surface area contributed by atoms with Gasteiger partial charge in [0.25, 0.3) is 0 Å². The minimum absolute atomic E-state index is 0.728. The molecule has 6 heteroatoms. The van der Waals surface area contributed by atoms with Crippen molar-refractivity contribution >= 4 is 29.7 Å². The van der Waals surface area contributed by atoms with E-state index in [1.807, 2.05) is 60.7 Å². The van der Waals surface area contributed by atoms with Crippen molar-refractivity contribution in [3.05, 3.63) is 60.7 Å². The summed E-state index contributed by atoms with van der Waals surface area (Å²) in [5.74, 6) is 0. The van der Waals surface area contributed by atoms with Crippen LogP contribution in [0, 0.1) is 0 Å². The molecule has 1 aliphatic rings. The van der Waals surface area contributed by atoms with Gasteiger partial charge in [-0.15, -0.1) is 0 Å². The Balaban J connectivity index is 1.85. The van der Waals surface area contributed by atoms with E-state index in [1.54, 1.807) is 0 Å². The van der Waals surface area contributed by atoms with Crippen molar-refractivity contribution < 1.29 is 4.74 Å². The molecule has 116 valence electrons. The van der Waals surface area contributed by atoms with Crippen molar-refractivity contribution in [1.82, 2.24) is 4.67 Å². The Bertz CT molecular complexity index is 587. The van der Waals surface area contributed by atoms with Gasteiger partial charge in [0.1, 0.15) is 0 Å². The summed E-state index contributed by atoms with van der Waals surface area (Å²) in [6, 6.07) is 20.3. The summed E-state index contributed by atoms with van der Waals surface area (Å²) in [6.45, 7) is 0.992. The number of rotatable bonds is 5. The van der Waals surface area contributed by atoms with Crippen LogP contribution in [0.4, 0.5) is 11.4 Å². The van der Waals surface area contributed by atoms with Gasteiger partial charge in [0, 0.05) is 24.5 Å². The third-order valence-electron chi connectivity index (χ3n) is 3.49. The molecule has 3 rings (SSSR count). The van der Waals surface area contributed by atoms with Crippen LogP contribution < -0.4 is 10.2 Å². The maximum atomic E-state index is 6.05. The third kappa shape index (κ3) is 3.87. The molecule has 0 spiro atoms. The molecular formula is C16H20N3OPS. The molecule has 2 aromatic carbocycles. The fourth-order valence-corrected chi connectivity index (χ4v) is 5.57. The number of para-hydroxylation sites is 2. The van der Waals surface area contributed by atoms with Gasteiger partial charge < -0.3 is 14.9 Å². The average molecular weight is 333 g/mol. The number of anilines is 2. The van der Waals surface area contributed by atoms with Crippen molar-refractivity contribution in [1.29, 1.82) is 0 Å². The lowest BCUT2D eigenvalue weighted by Crippen LogP contribution is -2.37. The van der Waals surface area contributed by atoms with Crippen LogP contribution in [0.15, 0.2) is 60.7 Å². The van der Waals surface area contributed by atoms with E-state index in [-0.39, 0.29) is 0 Å². The lowest BCUT2D eigenvalue weighted by Gasteiger charge is -2.38. The zero-order chi connectivity index (χ0) is 15.3. The van der Waals surface area contributed by atoms with Gasteiger partial charge in [0.15, 0.2) is 6.49 Å². The first-order valence-electron chi connectivity index (χ1n) is 7.36. The Kier molecular flexibility index (Phi) is 5.11. The zero-order valence-corrected chi connectivity index (χ0v) is 14.0. The lowest BCUT2D eigenvalue weighted by molar-refractivity contribution is 0.0749. The second-order valence-electron chi connectivity index (χ2n) is 5.10. The topological polar surface area (TPSA) is 36.5 Å². The quantitative estimate of drug-likeness (QED) is 0.815. The highest BCUT2D eigenvalue weighted by Gasteiger charge is 2.27. The molecule has 0 atom stereocenters. The van der Waals surface area contributed by atoms with E-state index in [1.165, 1.54) is 0 Å². The van der Waals surface area contributed by atoms with Gasteiger partial charge in [-0.2, -0.15) is 0 Å². The molecule has 22 heavy (non-hydrogen) atoms. The second kappa shape index (κ2) is 7.25. The number of morpholine rings is 1. The van der Waals surface area contributed by atoms with Crippen LogP contribution in [0.3, 0.4) is 0 Å². The number of benzene rings is 2. The average Bonchev–Trinajstić information content (AvgIpc) is 2.57. The Morgan fingerprint density at radius 2 is 1.27 bits per heavy atom. The number of hydrogen-bond acceptors (Lipinski definition) is 2. The normalized spacial score (nSPS) is 16.2. The first kappa shape index (κ1) is 15.5. The Morgan fingerprint density at radius 1 is 0.818 bits per heavy atom. The van der Waals surface area contributed by atoms with Gasteiger partial charge in [-0.25, -0.2) is 4.67 Å². The lowest BCUT2D eigenvalue weighted by atomic mass is 10.3. The molecule has 0 aromatic heterocycles. The second-order valence-corrected chi connectivity index (χ2v) is 8.85. The van der Waals surface area contributed by atoms with Crippen LogP contribution in [0.1, 0.15) is 0 Å². The monoisotopic (exact) mass is 333 g/mol. The highest BCUT2D eigenvalue weighted by Crippen LogP contribution is 2.49. The molecule has 2 N–H and O–H groups in total. The summed E-state index contributed by atoms with van der Waals surface area (Å²) in [7, 11) is 0. The van der Waals surface area contributed by atoms with Crippen molar-refractivity contribution in [2.45, 2.75) is 0 Å². The summed E-state index contributed by atoms with van der Waals surface area (Å²) >= 11 is 6.05. The van der Waals surface area contributed by atoms with Crippen LogP contribution in [-0.4, -0.2) is 31.0 Å². The molecule has 0 saturated carbocycles. The fourth-order valence-electron chi connectivity index (χ4n) is 2.38. The SMILES string of the molecule is S=P(Nc1ccccc1)(Nc1ccccc1)N1CCOCC1. The molecule has 0 aliphatic carbocycles. The van der Waals surface area contributed by atoms with E-state index in [0.29, 0.717) is 0 Å². The third-order valence-corrected chi connectivity index (χ3v) is 7.05. The van der Waals surface area contributed by atoms with Crippen molar-refractivity contribution in [2.75, 3.05) is 36.5 Å². The van der Waals surface area contributed by atoms with Gasteiger partial charge in [-0.05, 0) is 36.1 Å². The predicted molar refractivity (Wildman–Crippen MR) is 96.8 cm³/mol. The molecule has 1 heterocycles. The molecule has 4 nitrogen and oxygen atoms in total. The van der Waals surface area contributed by atoms with E-state index in [2.05, 4.69) is 14.8 Å². The van der Waals surface area contributed by atoms with Crippen molar-refractivity contribution in [3.63, 3.8) is 0 Å². The molecule has 1 saturated heterocycles. The minimum Gasteiger partial charge on any atom is -0.379 e. The molecule has 0 unspecified atom stereocenters. The molecular weight excluding hydrogens is 313 g/mol. The first-order valence-corrected chi connectivity index (χ1v) is 10.1. The van der Waals surface area contributed by atoms with Crippen LogP contribution in [0.5, 0.6) is 0 Å². The maximum Gasteiger partial charge on any atom is 0.189 e. The van der Waals surface area contributed by atoms with Gasteiger partial charge in [0.2, 0.25) is 0 Å². The summed E-state index contributed by atoms with van der Waals surface area (Å²) in [4.78, 5) is 0. The van der Waals surface area contributed by atoms with E-state index < -0.39 is 6.49 Å². The molecule has 0 radical (unpaired) electrons. The summed E-state index contributed by atoms with van der Waals surface area (Å²) in [5, 5.41) is 7.12. The van der Waals surface area contributed by atoms with Gasteiger partial charge in [-0.3, -0.25) is 0 Å². The Labute approximate surface area is 136 Å². The molecule has 2 aromatic rings. The van der Waals surface area contributed by atoms with Crippen LogP contribution in [0.25, 0.3) is 0 Å². The van der Waals surface area contributed by atoms with Crippen molar-refractivity contribution in [3.8, 4) is 0 Å².